The molecule has 0 spiro atoms. The van der Waals surface area contributed by atoms with Crippen LogP contribution in [0.3, 0.4) is 0 Å². The van der Waals surface area contributed by atoms with Gasteiger partial charge in [0.25, 0.3) is 5.91 Å². The number of para-hydroxylation sites is 3. The second-order valence-corrected chi connectivity index (χ2v) is 10.8. The smallest absolute Gasteiger partial charge is 0.258 e. The van der Waals surface area contributed by atoms with Crippen molar-refractivity contribution in [2.45, 2.75) is 58.1 Å². The van der Waals surface area contributed by atoms with Gasteiger partial charge in [-0.1, -0.05) is 31.5 Å². The summed E-state index contributed by atoms with van der Waals surface area (Å²) in [7, 11) is 3.92. The zero-order chi connectivity index (χ0) is 29.2. The quantitative estimate of drug-likeness (QED) is 0.233. The number of hydrogen-bond acceptors (Lipinski definition) is 7. The van der Waals surface area contributed by atoms with Crippen molar-refractivity contribution in [2.75, 3.05) is 50.2 Å². The number of anilines is 3. The predicted molar refractivity (Wildman–Crippen MR) is 157 cm³/mol. The van der Waals surface area contributed by atoms with Crippen LogP contribution >= 0.6 is 0 Å². The minimum absolute atomic E-state index is 0.00668. The molecule has 40 heavy (non-hydrogen) atoms. The van der Waals surface area contributed by atoms with Crippen LogP contribution in [0.1, 0.15) is 56.3 Å². The first-order chi connectivity index (χ1) is 19.1. The number of ether oxygens (including phenoxy) is 1. The number of benzene rings is 2. The summed E-state index contributed by atoms with van der Waals surface area (Å²) < 4.78 is 6.43. The molecule has 0 saturated carbocycles. The average Bonchev–Trinajstić information content (AvgIpc) is 2.91. The average molecular weight is 554 g/mol. The molecule has 0 bridgehead atoms. The van der Waals surface area contributed by atoms with Gasteiger partial charge in [-0.25, -0.2) is 0 Å². The second kappa shape index (κ2) is 14.7. The van der Waals surface area contributed by atoms with Crippen molar-refractivity contribution in [1.82, 2.24) is 9.80 Å². The van der Waals surface area contributed by atoms with Crippen LogP contribution in [0.5, 0.6) is 5.75 Å². The number of aliphatic hydroxyl groups is 1. The van der Waals surface area contributed by atoms with Gasteiger partial charge in [0.1, 0.15) is 6.10 Å². The molecule has 0 aliphatic carbocycles. The number of carbonyl (C=O) groups is 3. The number of carbonyl (C=O) groups excluding carboxylic acids is 3. The maximum atomic E-state index is 13.5. The molecule has 1 aliphatic rings. The fraction of sp³-hybridized carbons (Fsp3) is 0.500. The van der Waals surface area contributed by atoms with E-state index in [1.807, 2.05) is 45.0 Å². The number of amides is 3. The number of rotatable bonds is 12. The van der Waals surface area contributed by atoms with Gasteiger partial charge in [0, 0.05) is 31.8 Å². The zero-order valence-corrected chi connectivity index (χ0v) is 24.0. The van der Waals surface area contributed by atoms with Crippen LogP contribution in [-0.4, -0.2) is 78.6 Å². The van der Waals surface area contributed by atoms with E-state index < -0.39 is 0 Å². The zero-order valence-electron chi connectivity index (χ0n) is 24.0. The summed E-state index contributed by atoms with van der Waals surface area (Å²) in [5, 5.41) is 15.5. The second-order valence-electron chi connectivity index (χ2n) is 10.8. The van der Waals surface area contributed by atoms with Gasteiger partial charge >= 0.3 is 0 Å². The highest BCUT2D eigenvalue weighted by atomic mass is 16.5. The van der Waals surface area contributed by atoms with Crippen LogP contribution in [0, 0.1) is 5.92 Å². The van der Waals surface area contributed by atoms with E-state index >= 15 is 0 Å². The molecule has 10 heteroatoms. The molecule has 5 N–H and O–H groups in total. The van der Waals surface area contributed by atoms with Crippen LogP contribution in [0.15, 0.2) is 42.5 Å². The summed E-state index contributed by atoms with van der Waals surface area (Å²) >= 11 is 0. The molecule has 218 valence electrons. The van der Waals surface area contributed by atoms with Gasteiger partial charge < -0.3 is 36.0 Å². The number of nitrogen functional groups attached to an aromatic ring is 1. The van der Waals surface area contributed by atoms with Gasteiger partial charge in [0.05, 0.1) is 35.3 Å². The van der Waals surface area contributed by atoms with E-state index in [1.54, 1.807) is 35.2 Å². The van der Waals surface area contributed by atoms with Gasteiger partial charge in [0.15, 0.2) is 5.75 Å². The summed E-state index contributed by atoms with van der Waals surface area (Å²) in [6.45, 7) is 4.78. The number of fused-ring (bicyclic) bond motifs is 1. The van der Waals surface area contributed by atoms with Gasteiger partial charge in [-0.3, -0.25) is 14.4 Å². The lowest BCUT2D eigenvalue weighted by Gasteiger charge is -2.38. The SMILES string of the molecule is C[C@H]1CN([C@@H](C)CO)C(=O)c2cccc(NC(=O)CCCCCC(=O)Nc3ccccc3N)c2O[C@H]1CN(C)C. The Morgan fingerprint density at radius 1 is 1.05 bits per heavy atom. The van der Waals surface area contributed by atoms with Gasteiger partial charge in [-0.2, -0.15) is 0 Å². The molecular weight excluding hydrogens is 510 g/mol. The number of likely N-dealkylation sites (N-methyl/N-ethyl adjacent to an activating group) is 1. The normalized spacial score (nSPS) is 17.9. The molecular formula is C30H43N5O5. The molecule has 0 aromatic heterocycles. The van der Waals surface area contributed by atoms with Crippen LogP contribution in [0.25, 0.3) is 0 Å². The topological polar surface area (TPSA) is 137 Å². The molecule has 0 unspecified atom stereocenters. The lowest BCUT2D eigenvalue weighted by Crippen LogP contribution is -2.49. The summed E-state index contributed by atoms with van der Waals surface area (Å²) in [5.41, 5.74) is 7.80. The predicted octanol–water partition coefficient (Wildman–Crippen LogP) is 3.58. The largest absolute Gasteiger partial charge is 0.486 e. The fourth-order valence-electron chi connectivity index (χ4n) is 4.70. The third kappa shape index (κ3) is 8.43. The summed E-state index contributed by atoms with van der Waals surface area (Å²) in [6, 6.07) is 11.9. The van der Waals surface area contributed by atoms with Crippen molar-refractivity contribution < 1.29 is 24.2 Å². The Hall–Kier alpha value is -3.63. The Morgan fingerprint density at radius 2 is 1.68 bits per heavy atom. The number of aliphatic hydroxyl groups excluding tert-OH is 1. The van der Waals surface area contributed by atoms with E-state index in [2.05, 4.69) is 10.6 Å². The van der Waals surface area contributed by atoms with Gasteiger partial charge in [-0.05, 0) is 58.1 Å². The first-order valence-electron chi connectivity index (χ1n) is 13.9. The number of nitrogens with two attached hydrogens (primary N) is 1. The third-order valence-corrected chi connectivity index (χ3v) is 7.05. The van der Waals surface area contributed by atoms with Crippen LogP contribution in [0.2, 0.25) is 0 Å². The molecule has 0 fully saturated rings. The molecule has 0 radical (unpaired) electrons. The van der Waals surface area contributed by atoms with Crippen LogP contribution < -0.4 is 21.1 Å². The van der Waals surface area contributed by atoms with Crippen molar-refractivity contribution >= 4 is 34.8 Å². The number of nitrogens with zero attached hydrogens (tertiary/aromatic N) is 2. The van der Waals surface area contributed by atoms with Gasteiger partial charge in [0.2, 0.25) is 11.8 Å². The van der Waals surface area contributed by atoms with E-state index in [9.17, 15) is 19.5 Å². The Bertz CT molecular complexity index is 1170. The molecule has 0 saturated heterocycles. The number of nitrogens with one attached hydrogen (secondary N) is 2. The van der Waals surface area contributed by atoms with E-state index in [4.69, 9.17) is 10.5 Å². The Labute approximate surface area is 236 Å². The highest BCUT2D eigenvalue weighted by Gasteiger charge is 2.34. The molecule has 1 heterocycles. The molecule has 1 aliphatic heterocycles. The summed E-state index contributed by atoms with van der Waals surface area (Å²) in [6.07, 6.45) is 2.35. The van der Waals surface area contributed by atoms with Crippen molar-refractivity contribution in [3.63, 3.8) is 0 Å². The molecule has 10 nitrogen and oxygen atoms in total. The van der Waals surface area contributed by atoms with Crippen molar-refractivity contribution in [1.29, 1.82) is 0 Å². The van der Waals surface area contributed by atoms with Gasteiger partial charge in [-0.15, -0.1) is 0 Å². The molecule has 2 aromatic rings. The summed E-state index contributed by atoms with van der Waals surface area (Å²) in [5.74, 6) is -0.193. The fourth-order valence-corrected chi connectivity index (χ4v) is 4.70. The van der Waals surface area contributed by atoms with Crippen molar-refractivity contribution in [3.05, 3.63) is 48.0 Å². The standard InChI is InChI=1S/C30H43N5O5/c1-20-17-35(21(2)19-36)30(39)22-11-10-14-25(29(22)40-26(20)18-34(3)4)33-28(38)16-7-5-6-15-27(37)32-24-13-9-8-12-23(24)31/h8-14,20-21,26,36H,5-7,15-19,31H2,1-4H3,(H,32,37)(H,33,38)/t20-,21-,26-/m0/s1. The van der Waals surface area contributed by atoms with Crippen molar-refractivity contribution in [2.24, 2.45) is 5.92 Å². The van der Waals surface area contributed by atoms with Crippen LogP contribution in [0.4, 0.5) is 17.1 Å². The van der Waals surface area contributed by atoms with E-state index in [0.29, 0.717) is 67.1 Å². The van der Waals surface area contributed by atoms with E-state index in [-0.39, 0.29) is 48.8 Å². The number of unbranched alkanes of at least 4 members (excludes halogenated alkanes) is 2. The van der Waals surface area contributed by atoms with E-state index in [0.717, 1.165) is 0 Å². The van der Waals surface area contributed by atoms with E-state index in [1.165, 1.54) is 0 Å². The highest BCUT2D eigenvalue weighted by Crippen LogP contribution is 2.35. The summed E-state index contributed by atoms with van der Waals surface area (Å²) in [4.78, 5) is 42.3. The molecule has 2 aromatic carbocycles. The first kappa shape index (κ1) is 30.9. The molecule has 3 atom stereocenters. The Kier molecular flexibility index (Phi) is 11.3. The first-order valence-corrected chi connectivity index (χ1v) is 13.9. The Morgan fingerprint density at radius 3 is 2.30 bits per heavy atom. The minimum atomic E-state index is -0.355. The Balaban J connectivity index is 1.62. The third-order valence-electron chi connectivity index (χ3n) is 7.05. The molecule has 3 rings (SSSR count). The maximum Gasteiger partial charge on any atom is 0.258 e. The molecule has 3 amide bonds. The maximum absolute atomic E-state index is 13.5. The monoisotopic (exact) mass is 553 g/mol. The lowest BCUT2D eigenvalue weighted by atomic mass is 9.99. The van der Waals surface area contributed by atoms with Crippen LogP contribution in [-0.2, 0) is 9.59 Å². The number of hydrogen-bond donors (Lipinski definition) is 4. The lowest BCUT2D eigenvalue weighted by molar-refractivity contribution is -0.116. The minimum Gasteiger partial charge on any atom is -0.486 e. The van der Waals surface area contributed by atoms with Crippen molar-refractivity contribution in [3.8, 4) is 5.75 Å². The highest BCUT2D eigenvalue weighted by molar-refractivity contribution is 6.01.